The molecule has 0 saturated carbocycles. The molecule has 1 saturated heterocycles. The van der Waals surface area contributed by atoms with Crippen molar-refractivity contribution in [2.75, 3.05) is 31.9 Å². The molecule has 1 fully saturated rings. The van der Waals surface area contributed by atoms with Gasteiger partial charge < -0.3 is 16.0 Å². The lowest BCUT2D eigenvalue weighted by Crippen LogP contribution is -2.47. The van der Waals surface area contributed by atoms with Crippen molar-refractivity contribution in [3.8, 4) is 0 Å². The Kier molecular flexibility index (Phi) is 8.29. The average molecular weight is 437 g/mol. The Balaban J connectivity index is 2.04. The fourth-order valence-electron chi connectivity index (χ4n) is 3.69. The molecule has 2 rings (SSSR count). The Morgan fingerprint density at radius 3 is 2.50 bits per heavy atom. The number of nitrogens with one attached hydrogen (secondary N) is 1. The van der Waals surface area contributed by atoms with E-state index in [4.69, 9.17) is 5.73 Å². The molecular formula is C22H36N4O3S. The predicted octanol–water partition coefficient (Wildman–Crippen LogP) is 2.31. The molecule has 1 aromatic rings. The highest BCUT2D eigenvalue weighted by atomic mass is 32.2. The van der Waals surface area contributed by atoms with E-state index in [-0.39, 0.29) is 29.5 Å². The van der Waals surface area contributed by atoms with Gasteiger partial charge in [-0.25, -0.2) is 8.42 Å². The minimum absolute atomic E-state index is 0.0197. The lowest BCUT2D eigenvalue weighted by Gasteiger charge is -2.34. The number of carbonyl (C=O) groups is 1. The fourth-order valence-corrected chi connectivity index (χ4v) is 4.80. The largest absolute Gasteiger partial charge is 0.370 e. The maximum Gasteiger partial charge on any atom is 0.217 e. The van der Waals surface area contributed by atoms with Gasteiger partial charge in [-0.15, -0.1) is 0 Å². The third-order valence-corrected chi connectivity index (χ3v) is 7.05. The first-order valence-corrected chi connectivity index (χ1v) is 12.3. The average Bonchev–Trinajstić information content (AvgIpc) is 2.66. The minimum Gasteiger partial charge on any atom is -0.370 e. The number of benzene rings is 1. The van der Waals surface area contributed by atoms with Crippen molar-refractivity contribution in [1.29, 1.82) is 0 Å². The molecule has 0 aliphatic carbocycles. The minimum atomic E-state index is -3.41. The van der Waals surface area contributed by atoms with Gasteiger partial charge in [0.15, 0.2) is 15.8 Å². The molecule has 1 amide bonds. The number of carbonyl (C=O) groups excluding carboxylic acids is 1. The van der Waals surface area contributed by atoms with E-state index in [1.165, 1.54) is 0 Å². The van der Waals surface area contributed by atoms with E-state index in [1.807, 2.05) is 19.1 Å². The van der Waals surface area contributed by atoms with Crippen molar-refractivity contribution in [3.05, 3.63) is 29.8 Å². The summed E-state index contributed by atoms with van der Waals surface area (Å²) in [4.78, 5) is 18.2. The molecule has 1 atom stereocenters. The number of nitrogens with two attached hydrogens (primary N) is 1. The molecule has 0 radical (unpaired) electrons. The zero-order valence-corrected chi connectivity index (χ0v) is 19.5. The van der Waals surface area contributed by atoms with Gasteiger partial charge >= 0.3 is 0 Å². The molecular weight excluding hydrogens is 400 g/mol. The monoisotopic (exact) mass is 436 g/mol. The Morgan fingerprint density at radius 1 is 1.27 bits per heavy atom. The molecule has 0 spiro atoms. The van der Waals surface area contributed by atoms with Gasteiger partial charge in [0.25, 0.3) is 0 Å². The van der Waals surface area contributed by atoms with Crippen molar-refractivity contribution in [2.45, 2.75) is 57.3 Å². The number of rotatable bonds is 7. The van der Waals surface area contributed by atoms with E-state index < -0.39 is 9.84 Å². The van der Waals surface area contributed by atoms with Crippen molar-refractivity contribution < 1.29 is 13.2 Å². The second-order valence-corrected chi connectivity index (χ2v) is 11.1. The highest BCUT2D eigenvalue weighted by Gasteiger charge is 2.24. The standard InChI is InChI=1S/C22H36N4O3S/c1-5-24-21(26-13-6-7-17(16-26)15-20(23)27)25-12-14-30(28,29)19-10-8-18(9-11-19)22(2,3)4/h8-11,17H,5-7,12-16H2,1-4H3,(H2,23,27)(H,24,25). The molecule has 0 aromatic heterocycles. The van der Waals surface area contributed by atoms with Gasteiger partial charge in [-0.2, -0.15) is 0 Å². The lowest BCUT2D eigenvalue weighted by molar-refractivity contribution is -0.119. The van der Waals surface area contributed by atoms with Crippen LogP contribution in [0.2, 0.25) is 0 Å². The number of hydrogen-bond acceptors (Lipinski definition) is 4. The molecule has 1 aliphatic heterocycles. The third-order valence-electron chi connectivity index (χ3n) is 5.34. The Morgan fingerprint density at radius 2 is 1.93 bits per heavy atom. The third kappa shape index (κ3) is 7.00. The normalized spacial score (nSPS) is 18.3. The van der Waals surface area contributed by atoms with Crippen LogP contribution in [0.3, 0.4) is 0 Å². The summed E-state index contributed by atoms with van der Waals surface area (Å²) in [6, 6.07) is 7.13. The van der Waals surface area contributed by atoms with Gasteiger partial charge in [-0.3, -0.25) is 9.79 Å². The number of likely N-dealkylation sites (tertiary alicyclic amines) is 1. The van der Waals surface area contributed by atoms with Crippen LogP contribution in [0.15, 0.2) is 34.2 Å². The zero-order chi connectivity index (χ0) is 22.4. The van der Waals surface area contributed by atoms with Crippen LogP contribution >= 0.6 is 0 Å². The molecule has 8 heteroatoms. The number of nitrogens with zero attached hydrogens (tertiary/aromatic N) is 2. The molecule has 30 heavy (non-hydrogen) atoms. The summed E-state index contributed by atoms with van der Waals surface area (Å²) >= 11 is 0. The van der Waals surface area contributed by atoms with Crippen LogP contribution in [-0.2, 0) is 20.0 Å². The van der Waals surface area contributed by atoms with Gasteiger partial charge in [0.2, 0.25) is 5.91 Å². The number of hydrogen-bond donors (Lipinski definition) is 2. The smallest absolute Gasteiger partial charge is 0.217 e. The van der Waals surface area contributed by atoms with Gasteiger partial charge in [0, 0.05) is 26.1 Å². The van der Waals surface area contributed by atoms with E-state index in [2.05, 4.69) is 36.0 Å². The molecule has 1 aliphatic rings. The molecule has 1 aromatic carbocycles. The predicted molar refractivity (Wildman–Crippen MR) is 121 cm³/mol. The quantitative estimate of drug-likeness (QED) is 0.504. The maximum atomic E-state index is 12.7. The van der Waals surface area contributed by atoms with Crippen LogP contribution in [0, 0.1) is 5.92 Å². The first-order valence-electron chi connectivity index (χ1n) is 10.7. The van der Waals surface area contributed by atoms with Gasteiger partial charge in [-0.1, -0.05) is 32.9 Å². The van der Waals surface area contributed by atoms with Crippen molar-refractivity contribution in [2.24, 2.45) is 16.6 Å². The molecule has 1 unspecified atom stereocenters. The van der Waals surface area contributed by atoms with E-state index in [9.17, 15) is 13.2 Å². The molecule has 7 nitrogen and oxygen atoms in total. The van der Waals surface area contributed by atoms with Crippen LogP contribution < -0.4 is 11.1 Å². The lowest BCUT2D eigenvalue weighted by atomic mass is 9.87. The number of piperidine rings is 1. The topological polar surface area (TPSA) is 105 Å². The molecule has 0 bridgehead atoms. The van der Waals surface area contributed by atoms with Crippen molar-refractivity contribution >= 4 is 21.7 Å². The van der Waals surface area contributed by atoms with E-state index >= 15 is 0 Å². The summed E-state index contributed by atoms with van der Waals surface area (Å²) in [6.45, 7) is 10.7. The number of amides is 1. The number of sulfone groups is 1. The maximum absolute atomic E-state index is 12.7. The summed E-state index contributed by atoms with van der Waals surface area (Å²) in [5.74, 6) is 0.581. The van der Waals surface area contributed by atoms with E-state index in [1.54, 1.807) is 12.1 Å². The van der Waals surface area contributed by atoms with Crippen LogP contribution in [-0.4, -0.2) is 57.1 Å². The summed E-state index contributed by atoms with van der Waals surface area (Å²) < 4.78 is 25.5. The highest BCUT2D eigenvalue weighted by molar-refractivity contribution is 7.91. The summed E-state index contributed by atoms with van der Waals surface area (Å²) in [5.41, 5.74) is 6.43. The SMILES string of the molecule is CCNC(=NCCS(=O)(=O)c1ccc(C(C)(C)C)cc1)N1CCCC(CC(N)=O)C1. The zero-order valence-electron chi connectivity index (χ0n) is 18.6. The summed E-state index contributed by atoms with van der Waals surface area (Å²) in [6.07, 6.45) is 2.30. The van der Waals surface area contributed by atoms with Crippen LogP contribution in [0.5, 0.6) is 0 Å². The molecule has 3 N–H and O–H groups in total. The van der Waals surface area contributed by atoms with Gasteiger partial charge in [0.1, 0.15) is 0 Å². The molecule has 1 heterocycles. The van der Waals surface area contributed by atoms with E-state index in [0.29, 0.717) is 30.4 Å². The number of guanidine groups is 1. The highest BCUT2D eigenvalue weighted by Crippen LogP contribution is 2.24. The number of aliphatic imine (C=N–C) groups is 1. The van der Waals surface area contributed by atoms with Crippen LogP contribution in [0.25, 0.3) is 0 Å². The summed E-state index contributed by atoms with van der Waals surface area (Å²) in [7, 11) is -3.41. The molecule has 168 valence electrons. The van der Waals surface area contributed by atoms with Gasteiger partial charge in [0.05, 0.1) is 17.2 Å². The van der Waals surface area contributed by atoms with Crippen LogP contribution in [0.1, 0.15) is 52.5 Å². The second kappa shape index (κ2) is 10.3. The van der Waals surface area contributed by atoms with E-state index in [0.717, 1.165) is 24.9 Å². The Hall–Kier alpha value is -2.09. The Labute approximate surface area is 181 Å². The van der Waals surface area contributed by atoms with Gasteiger partial charge in [-0.05, 0) is 48.8 Å². The van der Waals surface area contributed by atoms with Crippen molar-refractivity contribution in [1.82, 2.24) is 10.2 Å². The first kappa shape index (κ1) is 24.2. The summed E-state index contributed by atoms with van der Waals surface area (Å²) in [5, 5.41) is 3.24. The van der Waals surface area contributed by atoms with Crippen molar-refractivity contribution in [3.63, 3.8) is 0 Å². The second-order valence-electron chi connectivity index (χ2n) is 8.95. The Bertz CT molecular complexity index is 842. The fraction of sp³-hybridized carbons (Fsp3) is 0.636. The first-order chi connectivity index (χ1) is 14.0. The number of primary amides is 1. The van der Waals surface area contributed by atoms with Crippen LogP contribution in [0.4, 0.5) is 0 Å².